The van der Waals surface area contributed by atoms with Gasteiger partial charge in [-0.3, -0.25) is 0 Å². The third kappa shape index (κ3) is 6.57. The fourth-order valence-corrected chi connectivity index (χ4v) is 11.4. The predicted molar refractivity (Wildman–Crippen MR) is 305 cm³/mol. The smallest absolute Gasteiger partial charge is 0.164 e. The number of hydrogen-bond acceptors (Lipinski definition) is 3. The van der Waals surface area contributed by atoms with Crippen LogP contribution in [0.1, 0.15) is 52.7 Å². The van der Waals surface area contributed by atoms with E-state index in [2.05, 4.69) is 233 Å². The van der Waals surface area contributed by atoms with E-state index in [-0.39, 0.29) is 10.8 Å². The molecule has 0 atom stereocenters. The van der Waals surface area contributed by atoms with Crippen LogP contribution in [0, 0.1) is 0 Å². The summed E-state index contributed by atoms with van der Waals surface area (Å²) in [5, 5.41) is 15.7. The van der Waals surface area contributed by atoms with Crippen LogP contribution in [0.5, 0.6) is 0 Å². The number of aromatic nitrogens is 5. The van der Waals surface area contributed by atoms with Crippen molar-refractivity contribution < 1.29 is 0 Å². The Morgan fingerprint density at radius 3 is 1.33 bits per heavy atom. The lowest BCUT2D eigenvalue weighted by molar-refractivity contribution is 0.590. The molecule has 5 heteroatoms. The van der Waals surface area contributed by atoms with E-state index in [1.165, 1.54) is 43.7 Å². The highest BCUT2D eigenvalue weighted by atomic mass is 15.0. The molecule has 0 saturated heterocycles. The fraction of sp³-hybridized carbons (Fsp3) is 0.119. The second-order valence-corrected chi connectivity index (χ2v) is 21.8. The van der Waals surface area contributed by atoms with Crippen LogP contribution >= 0.6 is 0 Å². The van der Waals surface area contributed by atoms with Crippen molar-refractivity contribution in [3.63, 3.8) is 0 Å². The van der Waals surface area contributed by atoms with Gasteiger partial charge in [-0.2, -0.15) is 0 Å². The fourth-order valence-electron chi connectivity index (χ4n) is 11.4. The molecule has 0 aliphatic rings. The minimum absolute atomic E-state index is 0.00359. The molecule has 0 radical (unpaired) electrons. The molecule has 72 heavy (non-hydrogen) atoms. The summed E-state index contributed by atoms with van der Waals surface area (Å²) in [5.74, 6) is 0.642. The zero-order valence-electron chi connectivity index (χ0n) is 41.3. The summed E-state index contributed by atoms with van der Waals surface area (Å²) >= 11 is 0. The van der Waals surface area contributed by atoms with Gasteiger partial charge >= 0.3 is 0 Å². The number of nitrogens with zero attached hydrogens (tertiary/aromatic N) is 5. The van der Waals surface area contributed by atoms with E-state index < -0.39 is 0 Å². The molecule has 344 valence electrons. The Bertz CT molecular complexity index is 4550. The van der Waals surface area contributed by atoms with Gasteiger partial charge in [0.15, 0.2) is 17.1 Å². The van der Waals surface area contributed by atoms with Crippen molar-refractivity contribution in [2.75, 3.05) is 0 Å². The molecule has 0 amide bonds. The number of fused-ring (bicyclic) bond motifs is 19. The zero-order chi connectivity index (χ0) is 48.6. The van der Waals surface area contributed by atoms with E-state index in [9.17, 15) is 0 Å². The first-order chi connectivity index (χ1) is 34.9. The average molecular weight is 926 g/mol. The van der Waals surface area contributed by atoms with Gasteiger partial charge in [-0.05, 0) is 145 Å². The maximum Gasteiger partial charge on any atom is 0.164 e. The van der Waals surface area contributed by atoms with E-state index in [1.54, 1.807) is 0 Å². The van der Waals surface area contributed by atoms with Gasteiger partial charge in [0.2, 0.25) is 0 Å². The average Bonchev–Trinajstić information content (AvgIpc) is 3.91. The number of benzene rings is 10. The van der Waals surface area contributed by atoms with Crippen LogP contribution in [0.2, 0.25) is 0 Å². The lowest BCUT2D eigenvalue weighted by Crippen LogP contribution is -2.10. The molecule has 0 N–H and O–H groups in total. The Morgan fingerprint density at radius 1 is 0.306 bits per heavy atom. The Hall–Kier alpha value is -8.67. The molecule has 0 fully saturated rings. The SMILES string of the molecule is CC(C)(C)c1ccc2c(c1)c1cc(C(C)(C)C)ccc1n2-c1ccc2c3cc4cc(c5cc6ccccc6cc5c5nc(-c6ccccc6)nc(n5)c5cc6ccccc6cc45)c3n(-c3ccccc3)c2c1. The van der Waals surface area contributed by atoms with Gasteiger partial charge in [-0.25, -0.2) is 15.0 Å². The maximum atomic E-state index is 5.46. The predicted octanol–water partition coefficient (Wildman–Crippen LogP) is 17.8. The van der Waals surface area contributed by atoms with Gasteiger partial charge in [0.1, 0.15) is 0 Å². The Kier molecular flexibility index (Phi) is 9.04. The third-order valence-corrected chi connectivity index (χ3v) is 15.1. The van der Waals surface area contributed by atoms with Crippen molar-refractivity contribution >= 4 is 109 Å². The van der Waals surface area contributed by atoms with E-state index in [0.29, 0.717) is 17.1 Å². The van der Waals surface area contributed by atoms with Gasteiger partial charge in [0.25, 0.3) is 0 Å². The largest absolute Gasteiger partial charge is 0.309 e. The number of hydrogen-bond donors (Lipinski definition) is 0. The zero-order valence-corrected chi connectivity index (χ0v) is 41.3. The molecular formula is C67H51N5. The summed E-state index contributed by atoms with van der Waals surface area (Å²) in [6, 6.07) is 73.8. The molecule has 0 aliphatic heterocycles. The maximum absolute atomic E-state index is 5.46. The second-order valence-electron chi connectivity index (χ2n) is 21.8. The molecule has 10 aromatic carbocycles. The molecule has 5 nitrogen and oxygen atoms in total. The van der Waals surface area contributed by atoms with Crippen LogP contribution in [-0.2, 0) is 10.8 Å². The monoisotopic (exact) mass is 925 g/mol. The molecule has 0 saturated carbocycles. The first kappa shape index (κ1) is 42.2. The highest BCUT2D eigenvalue weighted by Crippen LogP contribution is 2.44. The van der Waals surface area contributed by atoms with Crippen LogP contribution in [-0.4, -0.2) is 24.1 Å². The lowest BCUT2D eigenvalue weighted by atomic mass is 9.85. The van der Waals surface area contributed by atoms with Crippen LogP contribution in [0.15, 0.2) is 200 Å². The van der Waals surface area contributed by atoms with Crippen molar-refractivity contribution in [1.82, 2.24) is 24.1 Å². The van der Waals surface area contributed by atoms with E-state index in [0.717, 1.165) is 81.8 Å². The number of rotatable bonds is 3. The van der Waals surface area contributed by atoms with Crippen LogP contribution in [0.4, 0.5) is 0 Å². The molecule has 4 aromatic heterocycles. The normalized spacial score (nSPS) is 12.6. The minimum atomic E-state index is 0.00359. The van der Waals surface area contributed by atoms with Gasteiger partial charge in [-0.1, -0.05) is 157 Å². The van der Waals surface area contributed by atoms with Crippen LogP contribution in [0.25, 0.3) is 132 Å². The van der Waals surface area contributed by atoms with Crippen molar-refractivity contribution in [3.05, 3.63) is 211 Å². The van der Waals surface area contributed by atoms with Gasteiger partial charge in [-0.15, -0.1) is 0 Å². The summed E-state index contributed by atoms with van der Waals surface area (Å²) in [6.07, 6.45) is 0. The van der Waals surface area contributed by atoms with Gasteiger partial charge in [0.05, 0.1) is 22.1 Å². The highest BCUT2D eigenvalue weighted by molar-refractivity contribution is 6.26. The van der Waals surface area contributed by atoms with E-state index >= 15 is 0 Å². The topological polar surface area (TPSA) is 48.5 Å². The minimum Gasteiger partial charge on any atom is -0.309 e. The molecule has 4 bridgehead atoms. The summed E-state index contributed by atoms with van der Waals surface area (Å²) in [7, 11) is 0. The van der Waals surface area contributed by atoms with Crippen molar-refractivity contribution in [1.29, 1.82) is 0 Å². The molecule has 0 aliphatic carbocycles. The Balaban J connectivity index is 1.19. The molecule has 14 aromatic rings. The summed E-state index contributed by atoms with van der Waals surface area (Å²) < 4.78 is 4.98. The highest BCUT2D eigenvalue weighted by Gasteiger charge is 2.24. The first-order valence-corrected chi connectivity index (χ1v) is 25.1. The Morgan fingerprint density at radius 2 is 0.778 bits per heavy atom. The molecule has 0 unspecified atom stereocenters. The quantitative estimate of drug-likeness (QED) is 0.177. The van der Waals surface area contributed by atoms with Crippen LogP contribution < -0.4 is 0 Å². The first-order valence-electron chi connectivity index (χ1n) is 25.1. The van der Waals surface area contributed by atoms with Gasteiger partial charge in [0, 0.05) is 54.6 Å². The molecular weight excluding hydrogens is 875 g/mol. The standard InChI is InChI=1S/C67H51N5/c1-66(2,3)46-25-29-59-53(37-46)54-38-47(67(4,5)6)26-30-60(54)71(59)49-27-28-50-55-35-45-36-56(62(55)72(61(50)39-49)48-23-11-8-12-24-48)52-32-42-20-14-16-22-44(42)34-58(52)65-69-63(40-17-9-7-10-18-40)68-64(70-65)57-33-43-21-15-13-19-41(43)31-51(45)57/h7-39H,1-6H3. The second kappa shape index (κ2) is 15.4. The van der Waals surface area contributed by atoms with Crippen LogP contribution in [0.3, 0.4) is 0 Å². The molecule has 4 heterocycles. The van der Waals surface area contributed by atoms with E-state index in [4.69, 9.17) is 15.0 Å². The van der Waals surface area contributed by atoms with Crippen molar-refractivity contribution in [2.45, 2.75) is 52.4 Å². The van der Waals surface area contributed by atoms with E-state index in [1.807, 2.05) is 18.2 Å². The third-order valence-electron chi connectivity index (χ3n) is 15.1. The van der Waals surface area contributed by atoms with Crippen molar-refractivity contribution in [3.8, 4) is 22.8 Å². The molecule has 14 rings (SSSR count). The summed E-state index contributed by atoms with van der Waals surface area (Å²) in [5.41, 5.74) is 11.7. The van der Waals surface area contributed by atoms with Crippen molar-refractivity contribution in [2.24, 2.45) is 0 Å². The number of para-hydroxylation sites is 1. The lowest BCUT2D eigenvalue weighted by Gasteiger charge is -2.19. The van der Waals surface area contributed by atoms with Gasteiger partial charge < -0.3 is 9.13 Å². The summed E-state index contributed by atoms with van der Waals surface area (Å²) in [6.45, 7) is 13.8. The Labute approximate surface area is 417 Å². The summed E-state index contributed by atoms with van der Waals surface area (Å²) in [4.78, 5) is 16.1. The molecule has 0 spiro atoms.